The zero-order chi connectivity index (χ0) is 39.6. The van der Waals surface area contributed by atoms with Crippen LogP contribution in [0.5, 0.6) is 0 Å². The average molecular weight is 814 g/mol. The molecule has 294 valence electrons. The van der Waals surface area contributed by atoms with Gasteiger partial charge >= 0.3 is 0 Å². The number of halogens is 2. The number of unbranched alkanes of at least 4 members (excludes halogenated alkanes) is 1. The Labute approximate surface area is 344 Å². The fraction of sp³-hybridized carbons (Fsp3) is 0.341. The Kier molecular flexibility index (Phi) is 14.7. The van der Waals surface area contributed by atoms with E-state index >= 15 is 0 Å². The van der Waals surface area contributed by atoms with Gasteiger partial charge < -0.3 is 32.3 Å². The minimum atomic E-state index is -0.880. The summed E-state index contributed by atoms with van der Waals surface area (Å²) in [5, 5.41) is 10.8. The van der Waals surface area contributed by atoms with E-state index in [0.29, 0.717) is 68.2 Å². The summed E-state index contributed by atoms with van der Waals surface area (Å²) in [6.45, 7) is 1.41. The Bertz CT molecular complexity index is 2080. The highest BCUT2D eigenvalue weighted by Gasteiger charge is 2.35. The first-order valence-corrected chi connectivity index (χ1v) is 20.8. The van der Waals surface area contributed by atoms with Gasteiger partial charge in [0.15, 0.2) is 0 Å². The highest BCUT2D eigenvalue weighted by molar-refractivity contribution is 7.99. The molecule has 9 nitrogen and oxygen atoms in total. The van der Waals surface area contributed by atoms with E-state index in [1.807, 2.05) is 72.8 Å². The van der Waals surface area contributed by atoms with Crippen LogP contribution in [0.2, 0.25) is 10.0 Å². The predicted molar refractivity (Wildman–Crippen MR) is 227 cm³/mol. The first-order chi connectivity index (χ1) is 27.2. The number of rotatable bonds is 10. The lowest BCUT2D eigenvalue weighted by Gasteiger charge is -2.32. The zero-order valence-electron chi connectivity index (χ0n) is 31.7. The molecular formula is C44H50Cl2N6O3S. The van der Waals surface area contributed by atoms with Crippen molar-refractivity contribution in [2.24, 2.45) is 11.5 Å². The minimum absolute atomic E-state index is 0.144. The number of allylic oxidation sites excluding steroid dienone is 1. The molecule has 56 heavy (non-hydrogen) atoms. The molecule has 4 aromatic carbocycles. The van der Waals surface area contributed by atoms with E-state index in [4.69, 9.17) is 34.7 Å². The van der Waals surface area contributed by atoms with E-state index in [9.17, 15) is 14.4 Å². The summed E-state index contributed by atoms with van der Waals surface area (Å²) >= 11 is 15.3. The van der Waals surface area contributed by atoms with Gasteiger partial charge in [0, 0.05) is 46.9 Å². The quantitative estimate of drug-likeness (QED) is 0.108. The van der Waals surface area contributed by atoms with E-state index in [2.05, 4.69) is 34.2 Å². The van der Waals surface area contributed by atoms with Crippen LogP contribution in [0.15, 0.2) is 101 Å². The number of carbonyl (C=O) groups is 3. The fourth-order valence-electron chi connectivity index (χ4n) is 7.37. The van der Waals surface area contributed by atoms with Crippen molar-refractivity contribution >= 4 is 58.3 Å². The van der Waals surface area contributed by atoms with Crippen molar-refractivity contribution in [3.05, 3.63) is 123 Å². The van der Waals surface area contributed by atoms with Crippen LogP contribution in [0.3, 0.4) is 0 Å². The van der Waals surface area contributed by atoms with E-state index < -0.39 is 18.1 Å². The number of carbonyl (C=O) groups excluding carboxylic acids is 3. The number of fused-ring (bicyclic) bond motifs is 3. The van der Waals surface area contributed by atoms with Crippen molar-refractivity contribution in [3.8, 4) is 11.1 Å². The number of nitrogens with zero attached hydrogens (tertiary/aromatic N) is 1. The van der Waals surface area contributed by atoms with E-state index in [1.54, 1.807) is 7.05 Å². The molecule has 1 heterocycles. The standard InChI is InChI=1S/C44H50Cl2N6O3S/c1-52-39(25-29-20-19-28-11-2-4-13-33(28)29)43(54)50-27-32-23-31(34-14-5-6-15-35(34)45)24-36(46)41(32)56-40-18-7-3-12-30(40)26-49-37(17-10-22-48)42(53)51-38(44(52)55)16-8-9-21-47/h2-7,11-15,18,20,23-24,37-39,49H,8-10,16-17,19,21-22,25-27,47-48H2,1H3,(H,50,54)(H,51,53)/t37-,38-,39-/m0/s1. The van der Waals surface area contributed by atoms with Crippen LogP contribution < -0.4 is 27.4 Å². The third kappa shape index (κ3) is 10.0. The lowest BCUT2D eigenvalue weighted by atomic mass is 9.97. The van der Waals surface area contributed by atoms with Gasteiger partial charge in [0.25, 0.3) is 0 Å². The molecule has 0 unspecified atom stereocenters. The van der Waals surface area contributed by atoms with Gasteiger partial charge in [-0.1, -0.05) is 102 Å². The van der Waals surface area contributed by atoms with Gasteiger partial charge in [-0.3, -0.25) is 14.4 Å². The second-order valence-corrected chi connectivity index (χ2v) is 16.2. The molecule has 12 heteroatoms. The van der Waals surface area contributed by atoms with Crippen molar-refractivity contribution < 1.29 is 14.4 Å². The number of nitrogens with two attached hydrogens (primary N) is 2. The highest BCUT2D eigenvalue weighted by Crippen LogP contribution is 2.41. The van der Waals surface area contributed by atoms with Gasteiger partial charge in [-0.25, -0.2) is 0 Å². The summed E-state index contributed by atoms with van der Waals surface area (Å²) in [5.41, 5.74) is 18.4. The van der Waals surface area contributed by atoms with Gasteiger partial charge in [0.05, 0.1) is 11.1 Å². The van der Waals surface area contributed by atoms with Crippen molar-refractivity contribution in [1.29, 1.82) is 0 Å². The molecule has 1 aliphatic heterocycles. The second kappa shape index (κ2) is 19.8. The Morgan fingerprint density at radius 1 is 0.750 bits per heavy atom. The predicted octanol–water partition coefficient (Wildman–Crippen LogP) is 7.11. The van der Waals surface area contributed by atoms with Crippen LogP contribution in [-0.4, -0.2) is 60.9 Å². The van der Waals surface area contributed by atoms with Gasteiger partial charge in [-0.15, -0.1) is 0 Å². The van der Waals surface area contributed by atoms with E-state index in [1.165, 1.54) is 22.2 Å². The van der Waals surface area contributed by atoms with Crippen molar-refractivity contribution in [3.63, 3.8) is 0 Å². The van der Waals surface area contributed by atoms with Gasteiger partial charge in [0.2, 0.25) is 17.7 Å². The van der Waals surface area contributed by atoms with Gasteiger partial charge in [0.1, 0.15) is 12.1 Å². The van der Waals surface area contributed by atoms with Crippen molar-refractivity contribution in [1.82, 2.24) is 20.9 Å². The lowest BCUT2D eigenvalue weighted by Crippen LogP contribution is -2.56. The monoisotopic (exact) mass is 812 g/mol. The zero-order valence-corrected chi connectivity index (χ0v) is 34.0. The molecule has 0 aromatic heterocycles. The first-order valence-electron chi connectivity index (χ1n) is 19.3. The summed E-state index contributed by atoms with van der Waals surface area (Å²) in [4.78, 5) is 46.5. The molecule has 0 radical (unpaired) electrons. The maximum atomic E-state index is 14.6. The van der Waals surface area contributed by atoms with E-state index in [0.717, 1.165) is 49.6 Å². The molecule has 0 spiro atoms. The number of hydrogen-bond donors (Lipinski definition) is 5. The molecule has 3 amide bonds. The Morgan fingerprint density at radius 2 is 1.45 bits per heavy atom. The van der Waals surface area contributed by atoms with Crippen LogP contribution in [-0.2, 0) is 33.9 Å². The minimum Gasteiger partial charge on any atom is -0.350 e. The normalized spacial score (nSPS) is 19.3. The number of hydrogen-bond acceptors (Lipinski definition) is 7. The Hall–Kier alpha value is -4.16. The Morgan fingerprint density at radius 3 is 2.21 bits per heavy atom. The number of nitrogens with one attached hydrogen (secondary N) is 3. The third-order valence-corrected chi connectivity index (χ3v) is 12.6. The van der Waals surface area contributed by atoms with Crippen LogP contribution in [0, 0.1) is 0 Å². The smallest absolute Gasteiger partial charge is 0.245 e. The summed E-state index contributed by atoms with van der Waals surface area (Å²) < 4.78 is 0. The molecule has 0 saturated carbocycles. The van der Waals surface area contributed by atoms with Crippen molar-refractivity contribution in [2.45, 2.75) is 86.0 Å². The molecule has 1 aliphatic carbocycles. The van der Waals surface area contributed by atoms with E-state index in [-0.39, 0.29) is 24.3 Å². The topological polar surface area (TPSA) is 143 Å². The maximum absolute atomic E-state index is 14.6. The summed E-state index contributed by atoms with van der Waals surface area (Å²) in [6, 6.07) is 25.2. The number of likely N-dealkylation sites (N-methyl/N-ethyl adjacent to an activating group) is 1. The average Bonchev–Trinajstić information content (AvgIpc) is 3.62. The molecule has 6 rings (SSSR count). The largest absolute Gasteiger partial charge is 0.350 e. The molecule has 0 saturated heterocycles. The molecule has 0 bridgehead atoms. The van der Waals surface area contributed by atoms with Crippen LogP contribution in [0.4, 0.5) is 0 Å². The van der Waals surface area contributed by atoms with Crippen LogP contribution in [0.1, 0.15) is 60.8 Å². The molecular weight excluding hydrogens is 763 g/mol. The number of amides is 3. The number of benzene rings is 4. The van der Waals surface area contributed by atoms with Crippen LogP contribution in [0.25, 0.3) is 16.7 Å². The Balaban J connectivity index is 1.44. The third-order valence-electron chi connectivity index (χ3n) is 10.5. The van der Waals surface area contributed by atoms with Gasteiger partial charge in [-0.2, -0.15) is 0 Å². The van der Waals surface area contributed by atoms with Gasteiger partial charge in [-0.05, 0) is 109 Å². The van der Waals surface area contributed by atoms with Crippen LogP contribution >= 0.6 is 35.0 Å². The molecule has 4 aromatic rings. The SMILES string of the molecule is CN1C(=O)[C@H](CCCCN)NC(=O)[C@H](CCCN)NCc2ccccc2Sc2c(Cl)cc(-c3ccccc3Cl)cc2CNC(=O)[C@@H]1CC1=CCc2ccccc21. The lowest BCUT2D eigenvalue weighted by molar-refractivity contribution is -0.142. The molecule has 7 N–H and O–H groups in total. The summed E-state index contributed by atoms with van der Waals surface area (Å²) in [6.07, 6.45) is 5.98. The first kappa shape index (κ1) is 41.5. The molecule has 3 atom stereocenters. The fourth-order valence-corrected chi connectivity index (χ4v) is 9.03. The molecule has 0 fully saturated rings. The summed E-state index contributed by atoms with van der Waals surface area (Å²) in [7, 11) is 1.65. The van der Waals surface area contributed by atoms with Crippen molar-refractivity contribution in [2.75, 3.05) is 20.1 Å². The highest BCUT2D eigenvalue weighted by atomic mass is 35.5. The maximum Gasteiger partial charge on any atom is 0.245 e. The second-order valence-electron chi connectivity index (χ2n) is 14.3. The molecule has 2 aliphatic rings. The summed E-state index contributed by atoms with van der Waals surface area (Å²) in [5.74, 6) is -0.948.